The van der Waals surface area contributed by atoms with Crippen LogP contribution in [0.15, 0.2) is 48.5 Å². The van der Waals surface area contributed by atoms with Gasteiger partial charge in [-0.3, -0.25) is 14.3 Å². The van der Waals surface area contributed by atoms with Crippen LogP contribution in [-0.4, -0.2) is 66.2 Å². The van der Waals surface area contributed by atoms with E-state index in [1.165, 1.54) is 19.3 Å². The highest BCUT2D eigenvalue weighted by Crippen LogP contribution is 2.23. The van der Waals surface area contributed by atoms with E-state index in [0.29, 0.717) is 5.56 Å². The second-order valence-corrected chi connectivity index (χ2v) is 9.60. The average molecular weight is 470 g/mol. The van der Waals surface area contributed by atoms with Gasteiger partial charge in [0, 0.05) is 50.4 Å². The van der Waals surface area contributed by atoms with Crippen molar-refractivity contribution in [2.24, 2.45) is 0 Å². The zero-order valence-electron chi connectivity index (χ0n) is 20.2. The average Bonchev–Trinajstić information content (AvgIpc) is 3.32. The molecule has 6 rings (SSSR count). The lowest BCUT2D eigenvalue weighted by Gasteiger charge is -2.34. The Morgan fingerprint density at radius 3 is 2.57 bits per heavy atom. The molecule has 180 valence electrons. The van der Waals surface area contributed by atoms with E-state index in [4.69, 9.17) is 4.98 Å². The highest BCUT2D eigenvalue weighted by molar-refractivity contribution is 5.97. The van der Waals surface area contributed by atoms with Crippen LogP contribution in [0.1, 0.15) is 47.1 Å². The van der Waals surface area contributed by atoms with Gasteiger partial charge in [0.25, 0.3) is 5.91 Å². The van der Waals surface area contributed by atoms with Gasteiger partial charge in [0.15, 0.2) is 0 Å². The largest absolute Gasteiger partial charge is 0.336 e. The standard InChI is InChI=1S/C27H31N7O/c1-20-28-23-18-21(11-12-24(23)34(20)22-8-4-2-5-9-22)27(35)32-16-14-31(15-17-32)19-26-30-29-25-10-6-3-7-13-33(25)26/h2,4-5,8-9,11-12,18H,3,6-7,10,13-17,19H2,1H3. The number of imidazole rings is 1. The van der Waals surface area contributed by atoms with Crippen LogP contribution in [0.4, 0.5) is 0 Å². The summed E-state index contributed by atoms with van der Waals surface area (Å²) in [5.74, 6) is 3.19. The predicted molar refractivity (Wildman–Crippen MR) is 135 cm³/mol. The number of carbonyl (C=O) groups is 1. The third kappa shape index (κ3) is 4.23. The topological polar surface area (TPSA) is 72.1 Å². The van der Waals surface area contributed by atoms with Crippen molar-refractivity contribution in [3.05, 3.63) is 71.6 Å². The van der Waals surface area contributed by atoms with Gasteiger partial charge in [0.05, 0.1) is 17.6 Å². The van der Waals surface area contributed by atoms with Crippen molar-refractivity contribution in [3.8, 4) is 5.69 Å². The Morgan fingerprint density at radius 1 is 0.914 bits per heavy atom. The van der Waals surface area contributed by atoms with Gasteiger partial charge in [-0.15, -0.1) is 10.2 Å². The van der Waals surface area contributed by atoms with Crippen molar-refractivity contribution in [2.45, 2.75) is 45.7 Å². The van der Waals surface area contributed by atoms with Crippen LogP contribution in [0.3, 0.4) is 0 Å². The molecule has 4 heterocycles. The number of fused-ring (bicyclic) bond motifs is 2. The number of aryl methyl sites for hydroxylation is 2. The molecule has 0 saturated carbocycles. The van der Waals surface area contributed by atoms with E-state index in [9.17, 15) is 4.79 Å². The predicted octanol–water partition coefficient (Wildman–Crippen LogP) is 3.61. The molecule has 1 fully saturated rings. The summed E-state index contributed by atoms with van der Waals surface area (Å²) in [6, 6.07) is 16.1. The number of nitrogens with zero attached hydrogens (tertiary/aromatic N) is 7. The molecule has 0 atom stereocenters. The second kappa shape index (κ2) is 9.26. The van der Waals surface area contributed by atoms with Crippen molar-refractivity contribution in [3.63, 3.8) is 0 Å². The fraction of sp³-hybridized carbons (Fsp3) is 0.407. The van der Waals surface area contributed by atoms with Gasteiger partial charge in [0.2, 0.25) is 0 Å². The van der Waals surface area contributed by atoms with Crippen molar-refractivity contribution in [1.82, 2.24) is 34.1 Å². The number of amides is 1. The van der Waals surface area contributed by atoms with E-state index in [2.05, 4.69) is 36.4 Å². The van der Waals surface area contributed by atoms with Crippen LogP contribution in [0, 0.1) is 6.92 Å². The molecule has 0 N–H and O–H groups in total. The molecule has 0 aliphatic carbocycles. The number of piperazine rings is 1. The molecule has 0 bridgehead atoms. The zero-order valence-corrected chi connectivity index (χ0v) is 20.2. The first-order chi connectivity index (χ1) is 17.2. The number of hydrogen-bond acceptors (Lipinski definition) is 5. The first-order valence-electron chi connectivity index (χ1n) is 12.6. The van der Waals surface area contributed by atoms with Crippen LogP contribution in [0.2, 0.25) is 0 Å². The molecule has 2 aliphatic rings. The Morgan fingerprint density at radius 2 is 1.74 bits per heavy atom. The fourth-order valence-corrected chi connectivity index (χ4v) is 5.39. The minimum absolute atomic E-state index is 0.0785. The molecule has 2 aromatic heterocycles. The van der Waals surface area contributed by atoms with Gasteiger partial charge in [-0.05, 0) is 50.1 Å². The number of hydrogen-bond donors (Lipinski definition) is 0. The highest BCUT2D eigenvalue weighted by Gasteiger charge is 2.25. The quantitative estimate of drug-likeness (QED) is 0.457. The Labute approximate surface area is 205 Å². The lowest BCUT2D eigenvalue weighted by Crippen LogP contribution is -2.48. The van der Waals surface area contributed by atoms with E-state index in [1.54, 1.807) is 0 Å². The van der Waals surface area contributed by atoms with Crippen LogP contribution in [0.25, 0.3) is 16.7 Å². The van der Waals surface area contributed by atoms with Gasteiger partial charge >= 0.3 is 0 Å². The molecule has 0 spiro atoms. The van der Waals surface area contributed by atoms with Crippen LogP contribution in [-0.2, 0) is 19.5 Å². The molecule has 2 aliphatic heterocycles. The molecule has 0 unspecified atom stereocenters. The maximum absolute atomic E-state index is 13.3. The summed E-state index contributed by atoms with van der Waals surface area (Å²) in [4.78, 5) is 22.4. The van der Waals surface area contributed by atoms with E-state index < -0.39 is 0 Å². The molecular formula is C27H31N7O. The zero-order chi connectivity index (χ0) is 23.8. The lowest BCUT2D eigenvalue weighted by atomic mass is 10.1. The fourth-order valence-electron chi connectivity index (χ4n) is 5.39. The summed E-state index contributed by atoms with van der Waals surface area (Å²) in [6.07, 6.45) is 4.70. The molecule has 1 saturated heterocycles. The summed E-state index contributed by atoms with van der Waals surface area (Å²) in [5, 5.41) is 8.91. The minimum atomic E-state index is 0.0785. The van der Waals surface area contributed by atoms with Gasteiger partial charge in [-0.25, -0.2) is 4.98 Å². The summed E-state index contributed by atoms with van der Waals surface area (Å²) >= 11 is 0. The summed E-state index contributed by atoms with van der Waals surface area (Å²) in [5.41, 5.74) is 3.64. The molecule has 35 heavy (non-hydrogen) atoms. The van der Waals surface area contributed by atoms with E-state index in [0.717, 1.165) is 79.9 Å². The van der Waals surface area contributed by atoms with Crippen molar-refractivity contribution in [2.75, 3.05) is 26.2 Å². The maximum Gasteiger partial charge on any atom is 0.254 e. The maximum atomic E-state index is 13.3. The SMILES string of the molecule is Cc1nc2cc(C(=O)N3CCN(Cc4nnc5n4CCCCC5)CC3)ccc2n1-c1ccccc1. The summed E-state index contributed by atoms with van der Waals surface area (Å²) in [7, 11) is 0. The van der Waals surface area contributed by atoms with Crippen LogP contribution in [0.5, 0.6) is 0 Å². The van der Waals surface area contributed by atoms with Crippen molar-refractivity contribution >= 4 is 16.9 Å². The van der Waals surface area contributed by atoms with E-state index in [-0.39, 0.29) is 5.91 Å². The van der Waals surface area contributed by atoms with Gasteiger partial charge in [0.1, 0.15) is 17.5 Å². The Balaban J connectivity index is 1.13. The number of aromatic nitrogens is 5. The van der Waals surface area contributed by atoms with Crippen molar-refractivity contribution < 1.29 is 4.79 Å². The van der Waals surface area contributed by atoms with E-state index in [1.807, 2.05) is 48.2 Å². The molecular weight excluding hydrogens is 438 g/mol. The minimum Gasteiger partial charge on any atom is -0.336 e. The van der Waals surface area contributed by atoms with Crippen molar-refractivity contribution in [1.29, 1.82) is 0 Å². The number of benzene rings is 2. The van der Waals surface area contributed by atoms with Crippen LogP contribution >= 0.6 is 0 Å². The van der Waals surface area contributed by atoms with Gasteiger partial charge in [-0.1, -0.05) is 24.6 Å². The third-order valence-corrected chi connectivity index (χ3v) is 7.29. The number of rotatable bonds is 4. The number of para-hydroxylation sites is 1. The summed E-state index contributed by atoms with van der Waals surface area (Å²) in [6.45, 7) is 6.96. The molecule has 8 heteroatoms. The molecule has 8 nitrogen and oxygen atoms in total. The molecule has 4 aromatic rings. The monoisotopic (exact) mass is 469 g/mol. The lowest BCUT2D eigenvalue weighted by molar-refractivity contribution is 0.0624. The highest BCUT2D eigenvalue weighted by atomic mass is 16.2. The van der Waals surface area contributed by atoms with Gasteiger partial charge < -0.3 is 9.47 Å². The molecule has 2 aromatic carbocycles. The Hall–Kier alpha value is -3.52. The first-order valence-corrected chi connectivity index (χ1v) is 12.6. The smallest absolute Gasteiger partial charge is 0.254 e. The molecule has 0 radical (unpaired) electrons. The third-order valence-electron chi connectivity index (χ3n) is 7.29. The second-order valence-electron chi connectivity index (χ2n) is 9.60. The Bertz CT molecular complexity index is 1350. The number of carbonyl (C=O) groups excluding carboxylic acids is 1. The molecule has 1 amide bonds. The summed E-state index contributed by atoms with van der Waals surface area (Å²) < 4.78 is 4.45. The first kappa shape index (κ1) is 22.0. The van der Waals surface area contributed by atoms with E-state index >= 15 is 0 Å². The normalized spacial score (nSPS) is 16.9. The van der Waals surface area contributed by atoms with Gasteiger partial charge in [-0.2, -0.15) is 0 Å². The Kier molecular flexibility index (Phi) is 5.82. The van der Waals surface area contributed by atoms with Crippen LogP contribution < -0.4 is 0 Å².